The second-order valence-electron chi connectivity index (χ2n) is 7.15. The third-order valence-electron chi connectivity index (χ3n) is 5.39. The zero-order chi connectivity index (χ0) is 20.5. The van der Waals surface area contributed by atoms with Crippen molar-refractivity contribution < 1.29 is 9.47 Å². The number of aliphatic imine (C=N–C) groups is 1. The van der Waals surface area contributed by atoms with Crippen LogP contribution in [-0.2, 0) is 6.54 Å². The van der Waals surface area contributed by atoms with E-state index < -0.39 is 0 Å². The third kappa shape index (κ3) is 5.64. The highest BCUT2D eigenvalue weighted by atomic mass is 16.5. The molecule has 1 heterocycles. The summed E-state index contributed by atoms with van der Waals surface area (Å²) < 4.78 is 10.9. The summed E-state index contributed by atoms with van der Waals surface area (Å²) in [6.45, 7) is 3.67. The molecule has 0 aliphatic carbocycles. The number of guanidine groups is 1. The molecule has 0 saturated carbocycles. The molecule has 1 aliphatic heterocycles. The van der Waals surface area contributed by atoms with Gasteiger partial charge in [0.15, 0.2) is 5.96 Å². The number of methoxy groups -OCH3 is 2. The van der Waals surface area contributed by atoms with E-state index in [0.717, 1.165) is 42.7 Å². The van der Waals surface area contributed by atoms with E-state index in [4.69, 9.17) is 9.47 Å². The summed E-state index contributed by atoms with van der Waals surface area (Å²) in [7, 11) is 5.21. The van der Waals surface area contributed by atoms with Crippen LogP contribution in [0.2, 0.25) is 0 Å². The lowest BCUT2D eigenvalue weighted by Crippen LogP contribution is -2.42. The van der Waals surface area contributed by atoms with Gasteiger partial charge in [0.1, 0.15) is 11.5 Å². The Bertz CT molecular complexity index is 803. The van der Waals surface area contributed by atoms with E-state index in [1.54, 1.807) is 21.3 Å². The second kappa shape index (κ2) is 10.7. The maximum atomic E-state index is 5.44. The average Bonchev–Trinajstić information content (AvgIpc) is 3.31. The first-order valence-corrected chi connectivity index (χ1v) is 10.2. The van der Waals surface area contributed by atoms with Crippen molar-refractivity contribution in [1.29, 1.82) is 0 Å². The number of para-hydroxylation sites is 1. The predicted molar refractivity (Wildman–Crippen MR) is 118 cm³/mol. The fraction of sp³-hybridized carbons (Fsp3) is 0.435. The molecule has 2 N–H and O–H groups in total. The van der Waals surface area contributed by atoms with Gasteiger partial charge >= 0.3 is 0 Å². The first-order chi connectivity index (χ1) is 14.2. The Morgan fingerprint density at radius 2 is 1.83 bits per heavy atom. The molecule has 3 rings (SSSR count). The maximum absolute atomic E-state index is 5.44. The van der Waals surface area contributed by atoms with Gasteiger partial charge in [0.05, 0.1) is 20.3 Å². The summed E-state index contributed by atoms with van der Waals surface area (Å²) >= 11 is 0. The Kier molecular flexibility index (Phi) is 7.76. The van der Waals surface area contributed by atoms with Crippen LogP contribution in [0.1, 0.15) is 30.0 Å². The Hall–Kier alpha value is -2.73. The van der Waals surface area contributed by atoms with Gasteiger partial charge in [-0.1, -0.05) is 30.3 Å². The van der Waals surface area contributed by atoms with Gasteiger partial charge in [-0.3, -0.25) is 9.89 Å². The number of nitrogens with one attached hydrogen (secondary N) is 2. The number of hydrogen-bond donors (Lipinski definition) is 2. The molecule has 1 atom stereocenters. The first-order valence-electron chi connectivity index (χ1n) is 10.2. The quantitative estimate of drug-likeness (QED) is 0.530. The largest absolute Gasteiger partial charge is 0.497 e. The van der Waals surface area contributed by atoms with Crippen LogP contribution in [-0.4, -0.2) is 51.8 Å². The first kappa shape index (κ1) is 21.0. The number of likely N-dealkylation sites (tertiary alicyclic amines) is 1. The molecule has 6 heteroatoms. The molecule has 1 unspecified atom stereocenters. The van der Waals surface area contributed by atoms with E-state index in [9.17, 15) is 0 Å². The Morgan fingerprint density at radius 3 is 2.55 bits per heavy atom. The lowest BCUT2D eigenvalue weighted by Gasteiger charge is -2.29. The molecule has 2 aromatic carbocycles. The van der Waals surface area contributed by atoms with Crippen LogP contribution >= 0.6 is 0 Å². The predicted octanol–water partition coefficient (Wildman–Crippen LogP) is 3.21. The van der Waals surface area contributed by atoms with Crippen molar-refractivity contribution in [3.63, 3.8) is 0 Å². The normalized spacial score (nSPS) is 15.8. The number of hydrogen-bond acceptors (Lipinski definition) is 4. The Morgan fingerprint density at radius 1 is 1.03 bits per heavy atom. The van der Waals surface area contributed by atoms with Crippen LogP contribution < -0.4 is 20.1 Å². The molecule has 156 valence electrons. The zero-order valence-corrected chi connectivity index (χ0v) is 17.6. The van der Waals surface area contributed by atoms with Crippen LogP contribution in [0.5, 0.6) is 11.5 Å². The Balaban J connectivity index is 1.65. The smallest absolute Gasteiger partial charge is 0.191 e. The van der Waals surface area contributed by atoms with E-state index in [2.05, 4.69) is 44.8 Å². The number of ether oxygens (including phenoxy) is 2. The zero-order valence-electron chi connectivity index (χ0n) is 17.6. The van der Waals surface area contributed by atoms with Gasteiger partial charge in [-0.25, -0.2) is 0 Å². The number of rotatable bonds is 8. The minimum atomic E-state index is 0.275. The number of benzene rings is 2. The van der Waals surface area contributed by atoms with Gasteiger partial charge in [-0.05, 0) is 49.7 Å². The van der Waals surface area contributed by atoms with Crippen LogP contribution in [0.15, 0.2) is 53.5 Å². The minimum Gasteiger partial charge on any atom is -0.497 e. The fourth-order valence-corrected chi connectivity index (χ4v) is 3.80. The molecule has 1 fully saturated rings. The molecule has 0 amide bonds. The summed E-state index contributed by atoms with van der Waals surface area (Å²) in [4.78, 5) is 6.93. The van der Waals surface area contributed by atoms with Gasteiger partial charge in [-0.15, -0.1) is 0 Å². The summed E-state index contributed by atoms with van der Waals surface area (Å²) in [5.74, 6) is 2.55. The lowest BCUT2D eigenvalue weighted by atomic mass is 10.1. The van der Waals surface area contributed by atoms with Crippen molar-refractivity contribution in [3.05, 3.63) is 59.7 Å². The molecule has 1 saturated heterocycles. The van der Waals surface area contributed by atoms with Crippen LogP contribution in [0.3, 0.4) is 0 Å². The van der Waals surface area contributed by atoms with Crippen molar-refractivity contribution in [3.8, 4) is 11.5 Å². The SMILES string of the molecule is CN=C(NCc1ccccc1OC)NCC(c1cccc(OC)c1)N1CCCC1. The van der Waals surface area contributed by atoms with Gasteiger partial charge in [-0.2, -0.15) is 0 Å². The van der Waals surface area contributed by atoms with Crippen molar-refractivity contribution >= 4 is 5.96 Å². The average molecular weight is 397 g/mol. The van der Waals surface area contributed by atoms with E-state index in [-0.39, 0.29) is 6.04 Å². The van der Waals surface area contributed by atoms with Gasteiger partial charge < -0.3 is 20.1 Å². The van der Waals surface area contributed by atoms with E-state index >= 15 is 0 Å². The molecule has 2 aromatic rings. The fourth-order valence-electron chi connectivity index (χ4n) is 3.80. The van der Waals surface area contributed by atoms with Gasteiger partial charge in [0.25, 0.3) is 0 Å². The summed E-state index contributed by atoms with van der Waals surface area (Å²) in [6, 6.07) is 16.7. The van der Waals surface area contributed by atoms with Gasteiger partial charge in [0.2, 0.25) is 0 Å². The van der Waals surface area contributed by atoms with Crippen LogP contribution in [0, 0.1) is 0 Å². The van der Waals surface area contributed by atoms with E-state index in [0.29, 0.717) is 6.54 Å². The molecular weight excluding hydrogens is 364 g/mol. The summed E-state index contributed by atoms with van der Waals surface area (Å²) in [5, 5.41) is 6.90. The van der Waals surface area contributed by atoms with Crippen LogP contribution in [0.25, 0.3) is 0 Å². The molecule has 0 spiro atoms. The van der Waals surface area contributed by atoms with Crippen LogP contribution in [0.4, 0.5) is 0 Å². The molecule has 0 aromatic heterocycles. The highest BCUT2D eigenvalue weighted by Gasteiger charge is 2.24. The van der Waals surface area contributed by atoms with E-state index in [1.807, 2.05) is 24.3 Å². The monoisotopic (exact) mass is 396 g/mol. The lowest BCUT2D eigenvalue weighted by molar-refractivity contribution is 0.245. The Labute approximate surface area is 173 Å². The topological polar surface area (TPSA) is 58.1 Å². The third-order valence-corrected chi connectivity index (χ3v) is 5.39. The molecule has 1 aliphatic rings. The minimum absolute atomic E-state index is 0.275. The highest BCUT2D eigenvalue weighted by molar-refractivity contribution is 5.79. The summed E-state index contributed by atoms with van der Waals surface area (Å²) in [6.07, 6.45) is 2.50. The molecule has 0 radical (unpaired) electrons. The standard InChI is InChI=1S/C23H32N4O2/c1-24-23(25-16-19-9-4-5-12-22(19)29-3)26-17-21(27-13-6-7-14-27)18-10-8-11-20(15-18)28-2/h4-5,8-12,15,21H,6-7,13-14,16-17H2,1-3H3,(H2,24,25,26). The molecule has 6 nitrogen and oxygen atoms in total. The molecular formula is C23H32N4O2. The van der Waals surface area contributed by atoms with Crippen molar-refractivity contribution in [2.75, 3.05) is 40.9 Å². The van der Waals surface area contributed by atoms with Crippen molar-refractivity contribution in [2.45, 2.75) is 25.4 Å². The maximum Gasteiger partial charge on any atom is 0.191 e. The van der Waals surface area contributed by atoms with Gasteiger partial charge in [0, 0.05) is 25.7 Å². The second-order valence-corrected chi connectivity index (χ2v) is 7.15. The van der Waals surface area contributed by atoms with Crippen molar-refractivity contribution in [2.24, 2.45) is 4.99 Å². The van der Waals surface area contributed by atoms with E-state index in [1.165, 1.54) is 18.4 Å². The van der Waals surface area contributed by atoms with Crippen molar-refractivity contribution in [1.82, 2.24) is 15.5 Å². The number of nitrogens with zero attached hydrogens (tertiary/aromatic N) is 2. The highest BCUT2D eigenvalue weighted by Crippen LogP contribution is 2.27. The molecule has 0 bridgehead atoms. The molecule has 29 heavy (non-hydrogen) atoms. The summed E-state index contributed by atoms with van der Waals surface area (Å²) in [5.41, 5.74) is 2.36.